The normalized spacial score (nSPS) is 19.2. The van der Waals surface area contributed by atoms with Crippen LogP contribution in [0, 0.1) is 0 Å². The van der Waals surface area contributed by atoms with Crippen molar-refractivity contribution in [1.29, 1.82) is 0 Å². The van der Waals surface area contributed by atoms with Crippen LogP contribution in [-0.4, -0.2) is 44.7 Å². The Kier molecular flexibility index (Phi) is 3.58. The topological polar surface area (TPSA) is 48.1 Å². The molecule has 0 unspecified atom stereocenters. The van der Waals surface area contributed by atoms with Gasteiger partial charge in [0.05, 0.1) is 19.0 Å². The first-order chi connectivity index (χ1) is 9.67. The van der Waals surface area contributed by atoms with Crippen LogP contribution in [0.5, 0.6) is 0 Å². The number of hydrogen-bond acceptors (Lipinski definition) is 4. The van der Waals surface area contributed by atoms with E-state index in [9.17, 15) is 0 Å². The molecular weight excluding hydrogens is 254 g/mol. The largest absolute Gasteiger partial charge is 0.384 e. The summed E-state index contributed by atoms with van der Waals surface area (Å²) in [4.78, 5) is 2.44. The Bertz CT molecular complexity index is 588. The number of aromatic nitrogens is 4. The molecule has 0 amide bonds. The highest BCUT2D eigenvalue weighted by Crippen LogP contribution is 2.28. The van der Waals surface area contributed by atoms with E-state index in [1.807, 2.05) is 35.9 Å². The van der Waals surface area contributed by atoms with Crippen LogP contribution in [0.4, 0.5) is 0 Å². The second-order valence-corrected chi connectivity index (χ2v) is 5.52. The van der Waals surface area contributed by atoms with Gasteiger partial charge in [0, 0.05) is 69.8 Å². The van der Waals surface area contributed by atoms with Gasteiger partial charge in [0.25, 0.3) is 0 Å². The summed E-state index contributed by atoms with van der Waals surface area (Å²) in [6.07, 6.45) is 5.99. The molecule has 2 aromatic rings. The molecule has 0 spiro atoms. The number of fused-ring (bicyclic) bond motifs is 1. The van der Waals surface area contributed by atoms with Gasteiger partial charge in [-0.25, -0.2) is 0 Å². The summed E-state index contributed by atoms with van der Waals surface area (Å²) in [6.45, 7) is 3.59. The standard InChI is InChI=1S/C14H21N5O/c1-17-6-11(4-15-17)7-19-8-12-5-16-18(2)14(12)13(9-19)10-20-3/h4-6,13H,7-10H2,1-3H3/t13-/m0/s1. The number of nitrogens with zero attached hydrogens (tertiary/aromatic N) is 5. The van der Waals surface area contributed by atoms with E-state index >= 15 is 0 Å². The van der Waals surface area contributed by atoms with Crippen molar-refractivity contribution in [3.05, 3.63) is 35.4 Å². The molecule has 0 aliphatic carbocycles. The average Bonchev–Trinajstić information content (AvgIpc) is 2.97. The van der Waals surface area contributed by atoms with Gasteiger partial charge in [-0.2, -0.15) is 10.2 Å². The minimum absolute atomic E-state index is 0.382. The number of rotatable bonds is 4. The van der Waals surface area contributed by atoms with Crippen LogP contribution in [0.3, 0.4) is 0 Å². The number of aryl methyl sites for hydroxylation is 2. The van der Waals surface area contributed by atoms with Crippen LogP contribution < -0.4 is 0 Å². The summed E-state index contributed by atoms with van der Waals surface area (Å²) in [5.41, 5.74) is 3.87. The summed E-state index contributed by atoms with van der Waals surface area (Å²) < 4.78 is 9.22. The third kappa shape index (κ3) is 2.48. The van der Waals surface area contributed by atoms with Gasteiger partial charge in [0.1, 0.15) is 0 Å². The van der Waals surface area contributed by atoms with Gasteiger partial charge in [-0.15, -0.1) is 0 Å². The minimum atomic E-state index is 0.382. The summed E-state index contributed by atoms with van der Waals surface area (Å²) in [5.74, 6) is 0.382. The molecule has 3 rings (SSSR count). The fraction of sp³-hybridized carbons (Fsp3) is 0.571. The summed E-state index contributed by atoms with van der Waals surface area (Å²) in [6, 6.07) is 0. The number of methoxy groups -OCH3 is 1. The average molecular weight is 275 g/mol. The highest BCUT2D eigenvalue weighted by Gasteiger charge is 2.28. The first kappa shape index (κ1) is 13.3. The molecule has 1 atom stereocenters. The zero-order valence-electron chi connectivity index (χ0n) is 12.3. The molecule has 1 aliphatic heterocycles. The molecule has 0 saturated heterocycles. The molecule has 0 radical (unpaired) electrons. The Morgan fingerprint density at radius 2 is 2.15 bits per heavy atom. The maximum atomic E-state index is 5.38. The molecule has 0 fully saturated rings. The Labute approximate surface area is 118 Å². The molecule has 2 aromatic heterocycles. The molecule has 0 bridgehead atoms. The van der Waals surface area contributed by atoms with Crippen molar-refractivity contribution in [3.8, 4) is 0 Å². The van der Waals surface area contributed by atoms with E-state index < -0.39 is 0 Å². The minimum Gasteiger partial charge on any atom is -0.384 e. The lowest BCUT2D eigenvalue weighted by Gasteiger charge is -2.32. The van der Waals surface area contributed by atoms with Crippen molar-refractivity contribution in [2.45, 2.75) is 19.0 Å². The SMILES string of the molecule is COC[C@@H]1CN(Cc2cnn(C)c2)Cc2cnn(C)c21. The number of hydrogen-bond donors (Lipinski definition) is 0. The van der Waals surface area contributed by atoms with Gasteiger partial charge in [0.15, 0.2) is 0 Å². The van der Waals surface area contributed by atoms with E-state index in [1.54, 1.807) is 7.11 Å². The third-order valence-electron chi connectivity index (χ3n) is 3.86. The predicted octanol–water partition coefficient (Wildman–Crippen LogP) is 0.899. The molecule has 20 heavy (non-hydrogen) atoms. The fourth-order valence-corrected chi connectivity index (χ4v) is 3.11. The second kappa shape index (κ2) is 5.38. The van der Waals surface area contributed by atoms with Crippen molar-refractivity contribution in [2.75, 3.05) is 20.3 Å². The van der Waals surface area contributed by atoms with E-state index in [0.29, 0.717) is 5.92 Å². The Hall–Kier alpha value is -1.66. The van der Waals surface area contributed by atoms with E-state index in [-0.39, 0.29) is 0 Å². The molecule has 0 N–H and O–H groups in total. The van der Waals surface area contributed by atoms with Crippen LogP contribution in [0.2, 0.25) is 0 Å². The van der Waals surface area contributed by atoms with Crippen LogP contribution in [0.15, 0.2) is 18.6 Å². The van der Waals surface area contributed by atoms with Crippen LogP contribution in [0.25, 0.3) is 0 Å². The van der Waals surface area contributed by atoms with Crippen LogP contribution >= 0.6 is 0 Å². The van der Waals surface area contributed by atoms with E-state index in [2.05, 4.69) is 21.3 Å². The zero-order valence-corrected chi connectivity index (χ0v) is 12.3. The monoisotopic (exact) mass is 275 g/mol. The van der Waals surface area contributed by atoms with Crippen LogP contribution in [-0.2, 0) is 31.9 Å². The van der Waals surface area contributed by atoms with E-state index in [4.69, 9.17) is 4.74 Å². The molecule has 6 nitrogen and oxygen atoms in total. The first-order valence-corrected chi connectivity index (χ1v) is 6.87. The number of ether oxygens (including phenoxy) is 1. The Morgan fingerprint density at radius 1 is 1.30 bits per heavy atom. The molecule has 3 heterocycles. The Morgan fingerprint density at radius 3 is 2.85 bits per heavy atom. The molecular formula is C14H21N5O. The van der Waals surface area contributed by atoms with Crippen molar-refractivity contribution in [3.63, 3.8) is 0 Å². The maximum absolute atomic E-state index is 5.38. The Balaban J connectivity index is 1.79. The molecule has 108 valence electrons. The summed E-state index contributed by atoms with van der Waals surface area (Å²) >= 11 is 0. The van der Waals surface area contributed by atoms with Gasteiger partial charge in [-0.3, -0.25) is 14.3 Å². The lowest BCUT2D eigenvalue weighted by molar-refractivity contribution is 0.132. The zero-order chi connectivity index (χ0) is 14.1. The van der Waals surface area contributed by atoms with Crippen molar-refractivity contribution < 1.29 is 4.74 Å². The van der Waals surface area contributed by atoms with Crippen LogP contribution in [0.1, 0.15) is 22.7 Å². The fourth-order valence-electron chi connectivity index (χ4n) is 3.11. The van der Waals surface area contributed by atoms with Gasteiger partial charge in [-0.1, -0.05) is 0 Å². The van der Waals surface area contributed by atoms with Gasteiger partial charge in [-0.05, 0) is 0 Å². The van der Waals surface area contributed by atoms with E-state index in [0.717, 1.165) is 26.2 Å². The van der Waals surface area contributed by atoms with Crippen molar-refractivity contribution in [2.24, 2.45) is 14.1 Å². The quantitative estimate of drug-likeness (QED) is 0.832. The molecule has 1 aliphatic rings. The van der Waals surface area contributed by atoms with Gasteiger partial charge < -0.3 is 4.74 Å². The lowest BCUT2D eigenvalue weighted by Crippen LogP contribution is -2.35. The summed E-state index contributed by atoms with van der Waals surface area (Å²) in [5, 5.41) is 8.63. The van der Waals surface area contributed by atoms with Crippen molar-refractivity contribution >= 4 is 0 Å². The molecule has 0 aromatic carbocycles. The summed E-state index contributed by atoms with van der Waals surface area (Å²) in [7, 11) is 5.72. The predicted molar refractivity (Wildman–Crippen MR) is 75.1 cm³/mol. The van der Waals surface area contributed by atoms with Crippen molar-refractivity contribution in [1.82, 2.24) is 24.5 Å². The third-order valence-corrected chi connectivity index (χ3v) is 3.86. The highest BCUT2D eigenvalue weighted by molar-refractivity contribution is 5.25. The van der Waals surface area contributed by atoms with E-state index in [1.165, 1.54) is 16.8 Å². The molecule has 0 saturated carbocycles. The lowest BCUT2D eigenvalue weighted by atomic mass is 9.96. The van der Waals surface area contributed by atoms with Gasteiger partial charge >= 0.3 is 0 Å². The van der Waals surface area contributed by atoms with Gasteiger partial charge in [0.2, 0.25) is 0 Å². The second-order valence-electron chi connectivity index (χ2n) is 5.52. The molecule has 6 heteroatoms. The smallest absolute Gasteiger partial charge is 0.0558 e. The maximum Gasteiger partial charge on any atom is 0.0558 e. The first-order valence-electron chi connectivity index (χ1n) is 6.87. The highest BCUT2D eigenvalue weighted by atomic mass is 16.5.